The molecule has 0 bridgehead atoms. The van der Waals surface area contributed by atoms with E-state index < -0.39 is 5.97 Å². The number of esters is 1. The maximum Gasteiger partial charge on any atom is 0.331 e. The third-order valence-corrected chi connectivity index (χ3v) is 2.19. The zero-order valence-corrected chi connectivity index (χ0v) is 13.3. The van der Waals surface area contributed by atoms with Crippen molar-refractivity contribution in [1.82, 2.24) is 0 Å². The third-order valence-electron chi connectivity index (χ3n) is 2.19. The van der Waals surface area contributed by atoms with Crippen molar-refractivity contribution in [2.24, 2.45) is 0 Å². The zero-order chi connectivity index (χ0) is 12.1. The molecule has 89 valence electrons. The summed E-state index contributed by atoms with van der Waals surface area (Å²) in [5, 5.41) is 0. The second-order valence-electron chi connectivity index (χ2n) is 3.39. The van der Waals surface area contributed by atoms with E-state index in [1.807, 2.05) is 6.07 Å². The van der Waals surface area contributed by atoms with E-state index in [0.717, 1.165) is 5.56 Å². The van der Waals surface area contributed by atoms with Crippen LogP contribution in [-0.2, 0) is 16.1 Å². The maximum atomic E-state index is 11.2. The first-order valence-electron chi connectivity index (χ1n) is 5.14. The second-order valence-corrected chi connectivity index (χ2v) is 3.39. The fourth-order valence-corrected chi connectivity index (χ4v) is 1.38. The number of ether oxygens (including phenoxy) is 3. The maximum absolute atomic E-state index is 11.2. The van der Waals surface area contributed by atoms with Gasteiger partial charge in [-0.15, -0.1) is 0 Å². The molecule has 0 amide bonds. The fourth-order valence-electron chi connectivity index (χ4n) is 1.38. The van der Waals surface area contributed by atoms with Gasteiger partial charge in [-0.25, -0.2) is 4.79 Å². The summed E-state index contributed by atoms with van der Waals surface area (Å²) in [5.74, 6) is 0.995. The van der Waals surface area contributed by atoms with E-state index in [9.17, 15) is 4.79 Å². The number of carbonyl (C=O) groups excluding carboxylic acids is 1. The minimum Gasteiger partial charge on any atom is -0.458 e. The average Bonchev–Trinajstić information content (AvgIpc) is 2.81. The van der Waals surface area contributed by atoms with Crippen molar-refractivity contribution in [3.8, 4) is 11.5 Å². The quantitative estimate of drug-likeness (QED) is 0.363. The average molecular weight is 271 g/mol. The smallest absolute Gasteiger partial charge is 0.331 e. The predicted molar refractivity (Wildman–Crippen MR) is 67.5 cm³/mol. The second kappa shape index (κ2) is 7.76. The van der Waals surface area contributed by atoms with Crippen molar-refractivity contribution in [1.29, 1.82) is 0 Å². The van der Waals surface area contributed by atoms with Crippen LogP contribution in [-0.4, -0.2) is 64.1 Å². The zero-order valence-electron chi connectivity index (χ0n) is 10.2. The number of benzene rings is 1. The van der Waals surface area contributed by atoms with Crippen LogP contribution in [0.4, 0.5) is 0 Å². The largest absolute Gasteiger partial charge is 0.458 e. The molecule has 0 aliphatic carbocycles. The first kappa shape index (κ1) is 15.5. The molecule has 18 heavy (non-hydrogen) atoms. The van der Waals surface area contributed by atoms with Gasteiger partial charge in [0.15, 0.2) is 11.5 Å². The predicted octanol–water partition coefficient (Wildman–Crippen LogP) is 1.82. The van der Waals surface area contributed by atoms with Crippen LogP contribution in [0.5, 0.6) is 11.5 Å². The van der Waals surface area contributed by atoms with Gasteiger partial charge >= 0.3 is 5.97 Å². The van der Waals surface area contributed by atoms with Crippen molar-refractivity contribution in [3.63, 3.8) is 0 Å². The molecule has 1 aliphatic rings. The summed E-state index contributed by atoms with van der Waals surface area (Å²) in [6.45, 7) is 3.91. The van der Waals surface area contributed by atoms with E-state index in [0.29, 0.717) is 11.5 Å². The Morgan fingerprint density at radius 3 is 2.94 bits per heavy atom. The number of allylic oxidation sites excluding steroid dienone is 2. The van der Waals surface area contributed by atoms with E-state index in [1.54, 1.807) is 12.1 Å². The summed E-state index contributed by atoms with van der Waals surface area (Å²) in [7, 11) is 0. The number of rotatable bonds is 4. The van der Waals surface area contributed by atoms with Crippen molar-refractivity contribution < 1.29 is 19.0 Å². The van der Waals surface area contributed by atoms with Gasteiger partial charge in [-0.05, 0) is 17.7 Å². The van der Waals surface area contributed by atoms with Crippen LogP contribution in [0.25, 0.3) is 0 Å². The molecule has 0 atom stereocenters. The van der Waals surface area contributed by atoms with Gasteiger partial charge < -0.3 is 14.2 Å². The summed E-state index contributed by atoms with van der Waals surface area (Å²) < 4.78 is 15.4. The van der Waals surface area contributed by atoms with Crippen LogP contribution in [0.2, 0.25) is 0 Å². The molecule has 0 unspecified atom stereocenters. The molecule has 2 rings (SSSR count). The summed E-state index contributed by atoms with van der Waals surface area (Å²) in [4.78, 5) is 11.2. The topological polar surface area (TPSA) is 44.8 Å². The molecule has 1 aromatic rings. The Hall–Kier alpha value is -0.594. The molecular formula is C13H12KO4. The minimum absolute atomic E-state index is 0. The standard InChI is InChI=1S/C13H12O4.K/c1-2-3-4-13(14)15-8-10-5-6-11-12(7-10)17-9-16-11;/h2-7H,1,8-9H2;. The number of hydrogen-bond donors (Lipinski definition) is 0. The van der Waals surface area contributed by atoms with Crippen LogP contribution in [0.3, 0.4) is 0 Å². The Bertz CT molecular complexity index is 468. The van der Waals surface area contributed by atoms with Gasteiger partial charge in [0.05, 0.1) is 0 Å². The Morgan fingerprint density at radius 2 is 2.17 bits per heavy atom. The molecule has 0 N–H and O–H groups in total. The summed E-state index contributed by atoms with van der Waals surface area (Å²) in [5.41, 5.74) is 0.856. The van der Waals surface area contributed by atoms with Gasteiger partial charge in [-0.3, -0.25) is 0 Å². The van der Waals surface area contributed by atoms with Gasteiger partial charge in [0.1, 0.15) is 6.61 Å². The van der Waals surface area contributed by atoms with E-state index in [1.165, 1.54) is 18.2 Å². The molecule has 0 saturated heterocycles. The van der Waals surface area contributed by atoms with Crippen molar-refractivity contribution in [3.05, 3.63) is 48.6 Å². The molecule has 1 radical (unpaired) electrons. The number of carbonyl (C=O) groups is 1. The summed E-state index contributed by atoms with van der Waals surface area (Å²) >= 11 is 0. The molecule has 0 saturated carbocycles. The van der Waals surface area contributed by atoms with Crippen LogP contribution in [0.15, 0.2) is 43.0 Å². The molecule has 1 aromatic carbocycles. The van der Waals surface area contributed by atoms with Crippen molar-refractivity contribution in [2.75, 3.05) is 6.79 Å². The van der Waals surface area contributed by atoms with E-state index in [4.69, 9.17) is 14.2 Å². The third kappa shape index (κ3) is 4.26. The molecular weight excluding hydrogens is 259 g/mol. The van der Waals surface area contributed by atoms with Crippen LogP contribution < -0.4 is 9.47 Å². The van der Waals surface area contributed by atoms with E-state index in [-0.39, 0.29) is 64.8 Å². The molecule has 1 heterocycles. The first-order chi connectivity index (χ1) is 8.29. The Balaban J connectivity index is 0.00000162. The van der Waals surface area contributed by atoms with Gasteiger partial charge in [-0.1, -0.05) is 24.8 Å². The van der Waals surface area contributed by atoms with Gasteiger partial charge in [0.25, 0.3) is 0 Å². The SMILES string of the molecule is C=CC=CC(=O)OCc1ccc2c(c1)OCO2.[K]. The number of hydrogen-bond acceptors (Lipinski definition) is 4. The Labute approximate surface area is 148 Å². The van der Waals surface area contributed by atoms with Crippen LogP contribution in [0, 0.1) is 0 Å². The van der Waals surface area contributed by atoms with Crippen LogP contribution >= 0.6 is 0 Å². The number of fused-ring (bicyclic) bond motifs is 1. The van der Waals surface area contributed by atoms with E-state index in [2.05, 4.69) is 6.58 Å². The summed E-state index contributed by atoms with van der Waals surface area (Å²) in [6.07, 6.45) is 4.36. The molecule has 4 nitrogen and oxygen atoms in total. The van der Waals surface area contributed by atoms with E-state index >= 15 is 0 Å². The van der Waals surface area contributed by atoms with Gasteiger partial charge in [0.2, 0.25) is 6.79 Å². The van der Waals surface area contributed by atoms with Crippen molar-refractivity contribution in [2.45, 2.75) is 6.61 Å². The van der Waals surface area contributed by atoms with Crippen molar-refractivity contribution >= 4 is 57.4 Å². The molecule has 0 spiro atoms. The van der Waals surface area contributed by atoms with Crippen LogP contribution in [0.1, 0.15) is 5.56 Å². The Kier molecular flexibility index (Phi) is 6.66. The fraction of sp³-hybridized carbons (Fsp3) is 0.154. The molecule has 1 aliphatic heterocycles. The van der Waals surface area contributed by atoms with Gasteiger partial charge in [-0.2, -0.15) is 0 Å². The molecule has 5 heteroatoms. The monoisotopic (exact) mass is 271 g/mol. The summed E-state index contributed by atoms with van der Waals surface area (Å²) in [6, 6.07) is 5.43. The molecule has 0 fully saturated rings. The van der Waals surface area contributed by atoms with Gasteiger partial charge in [0, 0.05) is 57.5 Å². The minimum atomic E-state index is -0.400. The Morgan fingerprint density at radius 1 is 1.39 bits per heavy atom. The molecule has 0 aromatic heterocycles. The first-order valence-corrected chi connectivity index (χ1v) is 5.14. The normalized spacial score (nSPS) is 12.0.